The van der Waals surface area contributed by atoms with Gasteiger partial charge in [0.25, 0.3) is 11.7 Å². The molecule has 0 aromatic heterocycles. The van der Waals surface area contributed by atoms with Crippen molar-refractivity contribution in [3.63, 3.8) is 0 Å². The Morgan fingerprint density at radius 3 is 2.24 bits per heavy atom. The molecule has 33 heavy (non-hydrogen) atoms. The molecule has 0 saturated carbocycles. The van der Waals surface area contributed by atoms with Crippen molar-refractivity contribution in [1.29, 1.82) is 0 Å². The van der Waals surface area contributed by atoms with Crippen LogP contribution in [0.2, 0.25) is 10.0 Å². The van der Waals surface area contributed by atoms with Crippen LogP contribution in [0.5, 0.6) is 11.5 Å². The van der Waals surface area contributed by atoms with Crippen molar-refractivity contribution in [1.82, 2.24) is 4.90 Å². The molecule has 1 aliphatic heterocycles. The minimum Gasteiger partial charge on any atom is -0.507 e. The van der Waals surface area contributed by atoms with Crippen molar-refractivity contribution >= 4 is 40.7 Å². The van der Waals surface area contributed by atoms with E-state index in [-0.39, 0.29) is 32.7 Å². The third kappa shape index (κ3) is 5.12. The minimum atomic E-state index is -0.744. The van der Waals surface area contributed by atoms with Gasteiger partial charge in [-0.15, -0.1) is 0 Å². The number of methoxy groups -OCH3 is 1. The first-order valence-corrected chi connectivity index (χ1v) is 11.6. The fraction of sp³-hybridized carbons (Fsp3) is 0.360. The molecule has 0 aliphatic carbocycles. The van der Waals surface area contributed by atoms with E-state index < -0.39 is 17.7 Å². The van der Waals surface area contributed by atoms with Crippen LogP contribution in [0.1, 0.15) is 50.3 Å². The van der Waals surface area contributed by atoms with Gasteiger partial charge in [-0.2, -0.15) is 0 Å². The molecule has 6 nitrogen and oxygen atoms in total. The van der Waals surface area contributed by atoms with Crippen LogP contribution in [0, 0.1) is 0 Å². The van der Waals surface area contributed by atoms with Crippen molar-refractivity contribution < 1.29 is 24.2 Å². The maximum absolute atomic E-state index is 13.1. The van der Waals surface area contributed by atoms with Gasteiger partial charge in [-0.05, 0) is 43.2 Å². The van der Waals surface area contributed by atoms with Crippen molar-refractivity contribution in [3.05, 3.63) is 63.1 Å². The Balaban J connectivity index is 2.13. The van der Waals surface area contributed by atoms with Crippen molar-refractivity contribution in [3.8, 4) is 11.5 Å². The Morgan fingerprint density at radius 2 is 1.70 bits per heavy atom. The summed E-state index contributed by atoms with van der Waals surface area (Å²) in [5.41, 5.74) is 0.924. The molecule has 1 atom stereocenters. The summed E-state index contributed by atoms with van der Waals surface area (Å²) in [5.74, 6) is -0.782. The number of aliphatic hydroxyl groups excluding tert-OH is 1. The molecule has 2 aromatic rings. The highest BCUT2D eigenvalue weighted by molar-refractivity contribution is 6.46. The first kappa shape index (κ1) is 24.9. The molecule has 1 saturated heterocycles. The molecule has 2 aromatic carbocycles. The Hall–Kier alpha value is -2.70. The third-order valence-corrected chi connectivity index (χ3v) is 6.09. The second-order valence-electron chi connectivity index (χ2n) is 7.67. The molecule has 0 bridgehead atoms. The number of likely N-dealkylation sites (tertiary alicyclic amines) is 1. The fourth-order valence-electron chi connectivity index (χ4n) is 3.95. The lowest BCUT2D eigenvalue weighted by Crippen LogP contribution is -2.30. The molecule has 0 spiro atoms. The van der Waals surface area contributed by atoms with Crippen molar-refractivity contribution in [2.24, 2.45) is 0 Å². The first-order valence-electron chi connectivity index (χ1n) is 10.9. The number of ketones is 1. The van der Waals surface area contributed by atoms with Crippen LogP contribution in [-0.4, -0.2) is 42.0 Å². The van der Waals surface area contributed by atoms with Gasteiger partial charge in [0.05, 0.1) is 35.4 Å². The number of amides is 1. The molecule has 1 aliphatic rings. The quantitative estimate of drug-likeness (QED) is 0.201. The minimum absolute atomic E-state index is 0.00189. The summed E-state index contributed by atoms with van der Waals surface area (Å²) in [7, 11) is 1.43. The molecule has 1 amide bonds. The number of carbonyl (C=O) groups excluding carboxylic acids is 2. The Labute approximate surface area is 203 Å². The number of rotatable bonds is 9. The molecule has 0 radical (unpaired) electrons. The van der Waals surface area contributed by atoms with Crippen molar-refractivity contribution in [2.45, 2.75) is 39.2 Å². The van der Waals surface area contributed by atoms with Gasteiger partial charge in [0.2, 0.25) is 0 Å². The topological polar surface area (TPSA) is 76.1 Å². The molecule has 1 fully saturated rings. The lowest BCUT2D eigenvalue weighted by Gasteiger charge is -2.25. The SMILES string of the molecule is CCCCCN1C(=O)C(=O)/C(=C(/O)c2cc(Cl)c(OC)c(Cl)c2)C1c1ccc(OCC)cc1. The van der Waals surface area contributed by atoms with Gasteiger partial charge in [0.15, 0.2) is 5.75 Å². The van der Waals surface area contributed by atoms with Crippen LogP contribution in [0.3, 0.4) is 0 Å². The number of carbonyl (C=O) groups is 2. The zero-order valence-corrected chi connectivity index (χ0v) is 20.4. The van der Waals surface area contributed by atoms with Crippen LogP contribution in [0.25, 0.3) is 5.76 Å². The van der Waals surface area contributed by atoms with Gasteiger partial charge in [-0.1, -0.05) is 55.1 Å². The summed E-state index contributed by atoms with van der Waals surface area (Å²) in [4.78, 5) is 27.6. The molecule has 1 N–H and O–H groups in total. The number of benzene rings is 2. The number of hydrogen-bond donors (Lipinski definition) is 1. The predicted molar refractivity (Wildman–Crippen MR) is 129 cm³/mol. The highest BCUT2D eigenvalue weighted by atomic mass is 35.5. The summed E-state index contributed by atoms with van der Waals surface area (Å²) < 4.78 is 10.7. The van der Waals surface area contributed by atoms with E-state index in [0.717, 1.165) is 19.3 Å². The standard InChI is InChI=1S/C25H27Cl2NO5/c1-4-6-7-12-28-21(15-8-10-17(11-9-15)33-5-2)20(23(30)25(28)31)22(29)16-13-18(26)24(32-3)19(27)14-16/h8-11,13-14,21,29H,4-7,12H2,1-3H3/b22-20+. The molecule has 3 rings (SSSR count). The summed E-state index contributed by atoms with van der Waals surface area (Å²) in [6.45, 7) is 4.88. The molecular formula is C25H27Cl2NO5. The largest absolute Gasteiger partial charge is 0.507 e. The van der Waals surface area contributed by atoms with Gasteiger partial charge in [-0.25, -0.2) is 0 Å². The smallest absolute Gasteiger partial charge is 0.295 e. The van der Waals surface area contributed by atoms with Crippen molar-refractivity contribution in [2.75, 3.05) is 20.3 Å². The maximum Gasteiger partial charge on any atom is 0.295 e. The van der Waals surface area contributed by atoms with Gasteiger partial charge < -0.3 is 19.5 Å². The molecule has 1 unspecified atom stereocenters. The van der Waals surface area contributed by atoms with E-state index in [1.54, 1.807) is 24.3 Å². The van der Waals surface area contributed by atoms with Crippen LogP contribution in [-0.2, 0) is 9.59 Å². The van der Waals surface area contributed by atoms with Gasteiger partial charge in [0, 0.05) is 12.1 Å². The zero-order valence-electron chi connectivity index (χ0n) is 18.9. The number of hydrogen-bond acceptors (Lipinski definition) is 5. The summed E-state index contributed by atoms with van der Waals surface area (Å²) in [6, 6.07) is 9.35. The van der Waals surface area contributed by atoms with Crippen LogP contribution < -0.4 is 9.47 Å². The van der Waals surface area contributed by atoms with E-state index in [9.17, 15) is 14.7 Å². The third-order valence-electron chi connectivity index (χ3n) is 5.53. The first-order chi connectivity index (χ1) is 15.8. The summed E-state index contributed by atoms with van der Waals surface area (Å²) in [6.07, 6.45) is 2.64. The van der Waals surface area contributed by atoms with Crippen LogP contribution in [0.15, 0.2) is 42.0 Å². The Kier molecular flexibility index (Phi) is 8.27. The molecule has 8 heteroatoms. The highest BCUT2D eigenvalue weighted by Crippen LogP contribution is 2.42. The second-order valence-corrected chi connectivity index (χ2v) is 8.49. The lowest BCUT2D eigenvalue weighted by atomic mass is 9.95. The number of aliphatic hydroxyl groups is 1. The van der Waals surface area contributed by atoms with E-state index in [4.69, 9.17) is 32.7 Å². The highest BCUT2D eigenvalue weighted by Gasteiger charge is 2.45. The number of Topliss-reactive ketones (excluding diaryl/α,β-unsaturated/α-hetero) is 1. The average Bonchev–Trinajstić information content (AvgIpc) is 3.04. The number of nitrogens with zero attached hydrogens (tertiary/aromatic N) is 1. The summed E-state index contributed by atoms with van der Waals surface area (Å²) in [5, 5.41) is 11.5. The number of ether oxygens (including phenoxy) is 2. The predicted octanol–water partition coefficient (Wildman–Crippen LogP) is 6.01. The van der Waals surface area contributed by atoms with E-state index in [1.807, 2.05) is 6.92 Å². The Morgan fingerprint density at radius 1 is 1.06 bits per heavy atom. The summed E-state index contributed by atoms with van der Waals surface area (Å²) >= 11 is 12.5. The Bertz CT molecular complexity index is 1040. The van der Waals surface area contributed by atoms with E-state index >= 15 is 0 Å². The monoisotopic (exact) mass is 491 g/mol. The van der Waals surface area contributed by atoms with Crippen LogP contribution in [0.4, 0.5) is 0 Å². The molecule has 1 heterocycles. The second kappa shape index (κ2) is 10.9. The fourth-order valence-corrected chi connectivity index (χ4v) is 4.59. The normalized spacial score (nSPS) is 17.5. The van der Waals surface area contributed by atoms with Crippen LogP contribution >= 0.6 is 23.2 Å². The van der Waals surface area contributed by atoms with Gasteiger partial charge >= 0.3 is 0 Å². The van der Waals surface area contributed by atoms with E-state index in [0.29, 0.717) is 24.5 Å². The van der Waals surface area contributed by atoms with E-state index in [2.05, 4.69) is 6.92 Å². The van der Waals surface area contributed by atoms with Gasteiger partial charge in [-0.3, -0.25) is 9.59 Å². The van der Waals surface area contributed by atoms with Gasteiger partial charge in [0.1, 0.15) is 11.5 Å². The molecular weight excluding hydrogens is 465 g/mol. The number of halogens is 2. The zero-order chi connectivity index (χ0) is 24.1. The average molecular weight is 492 g/mol. The maximum atomic E-state index is 13.1. The number of unbranched alkanes of at least 4 members (excludes halogenated alkanes) is 2. The lowest BCUT2D eigenvalue weighted by molar-refractivity contribution is -0.139. The van der Waals surface area contributed by atoms with E-state index in [1.165, 1.54) is 24.1 Å². The molecule has 176 valence electrons.